The molecule has 18 heavy (non-hydrogen) atoms. The number of hydrogen-bond donors (Lipinski definition) is 1. The zero-order valence-corrected chi connectivity index (χ0v) is 13.1. The summed E-state index contributed by atoms with van der Waals surface area (Å²) in [5.41, 5.74) is 6.03. The molecule has 0 fully saturated rings. The second kappa shape index (κ2) is 9.20. The first kappa shape index (κ1) is 17.2. The van der Waals surface area contributed by atoms with Crippen molar-refractivity contribution >= 4 is 5.96 Å². The topological polar surface area (TPSA) is 44.9 Å². The van der Waals surface area contributed by atoms with Crippen molar-refractivity contribution in [3.05, 3.63) is 0 Å². The summed E-state index contributed by atoms with van der Waals surface area (Å²) in [6.45, 7) is 11.4. The first-order valence-electron chi connectivity index (χ1n) is 7.22. The van der Waals surface area contributed by atoms with Crippen LogP contribution in [-0.4, -0.2) is 55.5 Å². The molecule has 0 heterocycles. The SMILES string of the molecule is CCC(CC)C(CN=C(N)N(CC)CC)N(C)C. The van der Waals surface area contributed by atoms with Gasteiger partial charge in [-0.15, -0.1) is 0 Å². The first-order chi connectivity index (χ1) is 8.51. The van der Waals surface area contributed by atoms with Crippen LogP contribution >= 0.6 is 0 Å². The van der Waals surface area contributed by atoms with Gasteiger partial charge in [-0.3, -0.25) is 4.99 Å². The molecule has 0 aliphatic heterocycles. The van der Waals surface area contributed by atoms with Gasteiger partial charge < -0.3 is 15.5 Å². The maximum Gasteiger partial charge on any atom is 0.191 e. The molecule has 0 aliphatic rings. The largest absolute Gasteiger partial charge is 0.370 e. The normalized spacial score (nSPS) is 14.3. The first-order valence-corrected chi connectivity index (χ1v) is 7.22. The maximum atomic E-state index is 6.03. The molecule has 108 valence electrons. The van der Waals surface area contributed by atoms with Crippen molar-refractivity contribution in [3.63, 3.8) is 0 Å². The van der Waals surface area contributed by atoms with Gasteiger partial charge in [-0.05, 0) is 33.9 Å². The minimum Gasteiger partial charge on any atom is -0.370 e. The highest BCUT2D eigenvalue weighted by Crippen LogP contribution is 2.17. The fourth-order valence-corrected chi connectivity index (χ4v) is 2.40. The molecule has 0 saturated heterocycles. The molecule has 0 aliphatic carbocycles. The molecule has 0 radical (unpaired) electrons. The van der Waals surface area contributed by atoms with Gasteiger partial charge in [-0.2, -0.15) is 0 Å². The number of rotatable bonds is 8. The maximum absolute atomic E-state index is 6.03. The van der Waals surface area contributed by atoms with Crippen LogP contribution in [0.15, 0.2) is 4.99 Å². The van der Waals surface area contributed by atoms with Crippen LogP contribution in [0, 0.1) is 5.92 Å². The van der Waals surface area contributed by atoms with Crippen LogP contribution < -0.4 is 5.73 Å². The molecule has 4 nitrogen and oxygen atoms in total. The fraction of sp³-hybridized carbons (Fsp3) is 0.929. The Morgan fingerprint density at radius 3 is 1.89 bits per heavy atom. The van der Waals surface area contributed by atoms with E-state index in [1.54, 1.807) is 0 Å². The average Bonchev–Trinajstić information content (AvgIpc) is 2.35. The van der Waals surface area contributed by atoms with E-state index in [0.717, 1.165) is 19.6 Å². The Bertz CT molecular complexity index is 230. The van der Waals surface area contributed by atoms with Crippen molar-refractivity contribution in [2.45, 2.75) is 46.6 Å². The Labute approximate surface area is 113 Å². The zero-order valence-electron chi connectivity index (χ0n) is 13.1. The molecular weight excluding hydrogens is 224 g/mol. The highest BCUT2D eigenvalue weighted by Gasteiger charge is 2.20. The molecule has 0 saturated carbocycles. The number of nitrogens with zero attached hydrogens (tertiary/aromatic N) is 3. The van der Waals surface area contributed by atoms with Crippen LogP contribution in [0.1, 0.15) is 40.5 Å². The van der Waals surface area contributed by atoms with Crippen LogP contribution in [0.4, 0.5) is 0 Å². The quantitative estimate of drug-likeness (QED) is 0.534. The number of guanidine groups is 1. The molecule has 1 unspecified atom stereocenters. The summed E-state index contributed by atoms with van der Waals surface area (Å²) in [6.07, 6.45) is 2.39. The molecule has 2 N–H and O–H groups in total. The van der Waals surface area contributed by atoms with E-state index in [1.807, 2.05) is 0 Å². The van der Waals surface area contributed by atoms with E-state index in [1.165, 1.54) is 12.8 Å². The molecule has 0 bridgehead atoms. The summed E-state index contributed by atoms with van der Waals surface area (Å²) in [7, 11) is 4.26. The van der Waals surface area contributed by atoms with Crippen LogP contribution in [-0.2, 0) is 0 Å². The third-order valence-electron chi connectivity index (χ3n) is 3.78. The number of likely N-dealkylation sites (N-methyl/N-ethyl adjacent to an activating group) is 1. The minimum absolute atomic E-state index is 0.481. The van der Waals surface area contributed by atoms with E-state index in [9.17, 15) is 0 Å². The molecule has 0 amide bonds. The fourth-order valence-electron chi connectivity index (χ4n) is 2.40. The summed E-state index contributed by atoms with van der Waals surface area (Å²) in [5, 5.41) is 0. The van der Waals surface area contributed by atoms with E-state index in [2.05, 4.69) is 56.6 Å². The van der Waals surface area contributed by atoms with E-state index >= 15 is 0 Å². The summed E-state index contributed by atoms with van der Waals surface area (Å²) < 4.78 is 0. The number of nitrogens with two attached hydrogens (primary N) is 1. The van der Waals surface area contributed by atoms with Gasteiger partial charge in [0.2, 0.25) is 0 Å². The van der Waals surface area contributed by atoms with E-state index in [4.69, 9.17) is 5.73 Å². The minimum atomic E-state index is 0.481. The molecular formula is C14H32N4. The number of aliphatic imine (C=N–C) groups is 1. The Morgan fingerprint density at radius 1 is 1.06 bits per heavy atom. The lowest BCUT2D eigenvalue weighted by atomic mass is 9.93. The predicted molar refractivity (Wildman–Crippen MR) is 81.0 cm³/mol. The van der Waals surface area contributed by atoms with Crippen molar-refractivity contribution in [1.29, 1.82) is 0 Å². The Morgan fingerprint density at radius 2 is 1.56 bits per heavy atom. The van der Waals surface area contributed by atoms with Gasteiger partial charge >= 0.3 is 0 Å². The van der Waals surface area contributed by atoms with Crippen molar-refractivity contribution in [2.24, 2.45) is 16.6 Å². The van der Waals surface area contributed by atoms with Crippen LogP contribution in [0.3, 0.4) is 0 Å². The molecule has 1 atom stereocenters. The third kappa shape index (κ3) is 5.25. The summed E-state index contributed by atoms with van der Waals surface area (Å²) >= 11 is 0. The highest BCUT2D eigenvalue weighted by molar-refractivity contribution is 5.78. The molecule has 0 aromatic carbocycles. The summed E-state index contributed by atoms with van der Waals surface area (Å²) in [5.74, 6) is 1.37. The molecule has 0 rings (SSSR count). The molecule has 0 aromatic heterocycles. The van der Waals surface area contributed by atoms with Gasteiger partial charge in [0.05, 0.1) is 6.54 Å². The average molecular weight is 256 g/mol. The Balaban J connectivity index is 4.64. The summed E-state index contributed by atoms with van der Waals surface area (Å²) in [4.78, 5) is 8.95. The van der Waals surface area contributed by atoms with Crippen molar-refractivity contribution in [2.75, 3.05) is 33.7 Å². The van der Waals surface area contributed by atoms with Crippen LogP contribution in [0.2, 0.25) is 0 Å². The Kier molecular flexibility index (Phi) is 8.81. The lowest BCUT2D eigenvalue weighted by Crippen LogP contribution is -2.41. The lowest BCUT2D eigenvalue weighted by Gasteiger charge is -2.30. The van der Waals surface area contributed by atoms with Crippen LogP contribution in [0.25, 0.3) is 0 Å². The van der Waals surface area contributed by atoms with Gasteiger partial charge in [0.15, 0.2) is 5.96 Å². The van der Waals surface area contributed by atoms with E-state index in [-0.39, 0.29) is 0 Å². The molecule has 0 spiro atoms. The van der Waals surface area contributed by atoms with E-state index in [0.29, 0.717) is 17.9 Å². The number of hydrogen-bond acceptors (Lipinski definition) is 2. The van der Waals surface area contributed by atoms with Gasteiger partial charge in [0.25, 0.3) is 0 Å². The highest BCUT2D eigenvalue weighted by atomic mass is 15.2. The van der Waals surface area contributed by atoms with Gasteiger partial charge in [0.1, 0.15) is 0 Å². The standard InChI is InChI=1S/C14H32N4/c1-7-12(8-2)13(17(5)6)11-16-14(15)18(9-3)10-4/h12-13H,7-11H2,1-6H3,(H2,15,16). The van der Waals surface area contributed by atoms with Crippen molar-refractivity contribution < 1.29 is 0 Å². The Hall–Kier alpha value is -0.770. The molecule has 4 heteroatoms. The van der Waals surface area contributed by atoms with E-state index < -0.39 is 0 Å². The molecule has 0 aromatic rings. The third-order valence-corrected chi connectivity index (χ3v) is 3.78. The second-order valence-electron chi connectivity index (χ2n) is 4.98. The summed E-state index contributed by atoms with van der Waals surface area (Å²) in [6, 6.07) is 0.481. The van der Waals surface area contributed by atoms with Gasteiger partial charge in [-0.1, -0.05) is 26.7 Å². The zero-order chi connectivity index (χ0) is 14.1. The van der Waals surface area contributed by atoms with Crippen LogP contribution in [0.5, 0.6) is 0 Å². The predicted octanol–water partition coefficient (Wildman–Crippen LogP) is 2.01. The second-order valence-corrected chi connectivity index (χ2v) is 4.98. The monoisotopic (exact) mass is 256 g/mol. The van der Waals surface area contributed by atoms with Gasteiger partial charge in [-0.25, -0.2) is 0 Å². The van der Waals surface area contributed by atoms with Gasteiger partial charge in [0, 0.05) is 19.1 Å². The van der Waals surface area contributed by atoms with Crippen molar-refractivity contribution in [1.82, 2.24) is 9.80 Å². The lowest BCUT2D eigenvalue weighted by molar-refractivity contribution is 0.205. The smallest absolute Gasteiger partial charge is 0.191 e. The van der Waals surface area contributed by atoms with Crippen molar-refractivity contribution in [3.8, 4) is 0 Å².